The first-order valence-electron chi connectivity index (χ1n) is 13.2. The van der Waals surface area contributed by atoms with Crippen LogP contribution in [0.2, 0.25) is 0 Å². The molecule has 0 aromatic heterocycles. The molecule has 1 N–H and O–H groups in total. The van der Waals surface area contributed by atoms with E-state index in [-0.39, 0.29) is 6.16 Å². The Kier molecular flexibility index (Phi) is 17.0. The van der Waals surface area contributed by atoms with E-state index in [2.05, 4.69) is 6.92 Å². The standard InChI is InChI=1S/C27H49O4P/c1-4-7-8-9-10-11-12-13-14-15-16-17-18-19-20-26-23-25(21-22-27(26)28)24-32(29,30-5-2)31-6-3/h21-23,28H,4-20,24H2,1-3H3. The Morgan fingerprint density at radius 2 is 1.19 bits per heavy atom. The highest BCUT2D eigenvalue weighted by Crippen LogP contribution is 2.51. The molecular formula is C27H49O4P. The molecule has 0 aliphatic heterocycles. The third-order valence-electron chi connectivity index (χ3n) is 5.97. The van der Waals surface area contributed by atoms with Crippen LogP contribution in [0.25, 0.3) is 0 Å². The summed E-state index contributed by atoms with van der Waals surface area (Å²) in [6.45, 7) is 6.64. The molecule has 186 valence electrons. The van der Waals surface area contributed by atoms with Crippen LogP contribution in [0.4, 0.5) is 0 Å². The lowest BCUT2D eigenvalue weighted by atomic mass is 10.0. The minimum atomic E-state index is -3.12. The topological polar surface area (TPSA) is 55.8 Å². The van der Waals surface area contributed by atoms with Crippen LogP contribution >= 0.6 is 7.60 Å². The van der Waals surface area contributed by atoms with Gasteiger partial charge in [-0.25, -0.2) is 0 Å². The van der Waals surface area contributed by atoms with Gasteiger partial charge >= 0.3 is 7.60 Å². The molecule has 0 unspecified atom stereocenters. The van der Waals surface area contributed by atoms with E-state index in [1.807, 2.05) is 26.0 Å². The third kappa shape index (κ3) is 13.7. The number of aryl methyl sites for hydroxylation is 1. The SMILES string of the molecule is CCCCCCCCCCCCCCCCc1cc(CP(=O)(OCC)OCC)ccc1O. The van der Waals surface area contributed by atoms with E-state index in [0.717, 1.165) is 24.0 Å². The molecule has 0 spiro atoms. The molecular weight excluding hydrogens is 419 g/mol. The molecule has 1 aromatic carbocycles. The van der Waals surface area contributed by atoms with Gasteiger partial charge < -0.3 is 14.2 Å². The number of unbranched alkanes of at least 4 members (excludes halogenated alkanes) is 13. The summed E-state index contributed by atoms with van der Waals surface area (Å²) in [5, 5.41) is 10.2. The smallest absolute Gasteiger partial charge is 0.335 e. The van der Waals surface area contributed by atoms with Gasteiger partial charge in [-0.05, 0) is 43.9 Å². The Bertz CT molecular complexity index is 622. The number of rotatable bonds is 21. The molecule has 0 aliphatic rings. The lowest BCUT2D eigenvalue weighted by molar-refractivity contribution is 0.219. The molecule has 1 rings (SSSR count). The maximum absolute atomic E-state index is 12.8. The molecule has 0 aliphatic carbocycles. The summed E-state index contributed by atoms with van der Waals surface area (Å²) in [7, 11) is -3.12. The van der Waals surface area contributed by atoms with Crippen molar-refractivity contribution in [1.82, 2.24) is 0 Å². The van der Waals surface area contributed by atoms with Gasteiger partial charge in [0, 0.05) is 0 Å². The molecule has 0 heterocycles. The van der Waals surface area contributed by atoms with Crippen LogP contribution in [0, 0.1) is 0 Å². The van der Waals surface area contributed by atoms with Crippen molar-refractivity contribution >= 4 is 7.60 Å². The summed E-state index contributed by atoms with van der Waals surface area (Å²) in [4.78, 5) is 0. The highest BCUT2D eigenvalue weighted by molar-refractivity contribution is 7.53. The third-order valence-corrected chi connectivity index (χ3v) is 8.03. The number of benzene rings is 1. The van der Waals surface area contributed by atoms with Crippen molar-refractivity contribution in [3.8, 4) is 5.75 Å². The van der Waals surface area contributed by atoms with Crippen molar-refractivity contribution in [2.24, 2.45) is 0 Å². The van der Waals surface area contributed by atoms with E-state index in [9.17, 15) is 9.67 Å². The monoisotopic (exact) mass is 468 g/mol. The molecule has 32 heavy (non-hydrogen) atoms. The van der Waals surface area contributed by atoms with Crippen LogP contribution in [0.15, 0.2) is 18.2 Å². The van der Waals surface area contributed by atoms with E-state index in [4.69, 9.17) is 9.05 Å². The highest BCUT2D eigenvalue weighted by atomic mass is 31.2. The van der Waals surface area contributed by atoms with Gasteiger partial charge in [-0.15, -0.1) is 0 Å². The number of phenolic OH excluding ortho intramolecular Hbond substituents is 1. The summed E-state index contributed by atoms with van der Waals surface area (Å²) >= 11 is 0. The number of hydrogen-bond acceptors (Lipinski definition) is 4. The van der Waals surface area contributed by atoms with Crippen molar-refractivity contribution in [2.45, 2.75) is 123 Å². The van der Waals surface area contributed by atoms with Gasteiger partial charge in [0.2, 0.25) is 0 Å². The Hall–Kier alpha value is -0.830. The number of phenols is 1. The molecule has 0 radical (unpaired) electrons. The quantitative estimate of drug-likeness (QED) is 0.144. The minimum absolute atomic E-state index is 0.251. The van der Waals surface area contributed by atoms with E-state index < -0.39 is 7.60 Å². The summed E-state index contributed by atoms with van der Waals surface area (Å²) in [5.74, 6) is 0.325. The molecule has 0 fully saturated rings. The molecule has 4 nitrogen and oxygen atoms in total. The van der Waals surface area contributed by atoms with Crippen LogP contribution in [-0.4, -0.2) is 18.3 Å². The molecule has 0 amide bonds. The minimum Gasteiger partial charge on any atom is -0.508 e. The predicted molar refractivity (Wildman–Crippen MR) is 137 cm³/mol. The van der Waals surface area contributed by atoms with Gasteiger partial charge in [0.25, 0.3) is 0 Å². The zero-order valence-electron chi connectivity index (χ0n) is 21.1. The van der Waals surface area contributed by atoms with E-state index in [0.29, 0.717) is 19.0 Å². The van der Waals surface area contributed by atoms with Crippen LogP contribution in [0.3, 0.4) is 0 Å². The fraction of sp³-hybridized carbons (Fsp3) is 0.778. The Morgan fingerprint density at radius 1 is 0.719 bits per heavy atom. The highest BCUT2D eigenvalue weighted by Gasteiger charge is 2.24. The summed E-state index contributed by atoms with van der Waals surface area (Å²) in [5.41, 5.74) is 1.83. The molecule has 0 saturated heterocycles. The van der Waals surface area contributed by atoms with Crippen LogP contribution in [0.1, 0.15) is 122 Å². The average molecular weight is 469 g/mol. The lowest BCUT2D eigenvalue weighted by Gasteiger charge is -2.17. The second-order valence-electron chi connectivity index (χ2n) is 8.91. The lowest BCUT2D eigenvalue weighted by Crippen LogP contribution is -2.00. The summed E-state index contributed by atoms with van der Waals surface area (Å²) in [6, 6.07) is 5.48. The molecule has 0 atom stereocenters. The first kappa shape index (κ1) is 29.2. The largest absolute Gasteiger partial charge is 0.508 e. The second kappa shape index (κ2) is 18.6. The summed E-state index contributed by atoms with van der Waals surface area (Å²) in [6.07, 6.45) is 19.9. The van der Waals surface area contributed by atoms with Crippen molar-refractivity contribution in [3.05, 3.63) is 29.3 Å². The van der Waals surface area contributed by atoms with E-state index in [1.165, 1.54) is 83.5 Å². The van der Waals surface area contributed by atoms with Gasteiger partial charge in [0.05, 0.1) is 19.4 Å². The average Bonchev–Trinajstić information content (AvgIpc) is 2.76. The fourth-order valence-electron chi connectivity index (χ4n) is 4.19. The van der Waals surface area contributed by atoms with Crippen LogP contribution < -0.4 is 0 Å². The Morgan fingerprint density at radius 3 is 1.66 bits per heavy atom. The molecule has 1 aromatic rings. The van der Waals surface area contributed by atoms with Crippen molar-refractivity contribution in [2.75, 3.05) is 13.2 Å². The van der Waals surface area contributed by atoms with E-state index >= 15 is 0 Å². The van der Waals surface area contributed by atoms with Crippen LogP contribution in [0.5, 0.6) is 5.75 Å². The molecule has 5 heteroatoms. The zero-order chi connectivity index (χ0) is 23.5. The first-order chi connectivity index (χ1) is 15.5. The number of aromatic hydroxyl groups is 1. The second-order valence-corrected chi connectivity index (χ2v) is 11.0. The van der Waals surface area contributed by atoms with Crippen LogP contribution in [-0.2, 0) is 26.2 Å². The normalized spacial score (nSPS) is 11.8. The Labute approximate surface area is 198 Å². The maximum Gasteiger partial charge on any atom is 0.335 e. The maximum atomic E-state index is 12.8. The van der Waals surface area contributed by atoms with Crippen molar-refractivity contribution in [1.29, 1.82) is 0 Å². The van der Waals surface area contributed by atoms with Gasteiger partial charge in [-0.2, -0.15) is 0 Å². The van der Waals surface area contributed by atoms with Gasteiger partial charge in [-0.3, -0.25) is 4.57 Å². The van der Waals surface area contributed by atoms with Crippen molar-refractivity contribution in [3.63, 3.8) is 0 Å². The Balaban J connectivity index is 2.19. The van der Waals surface area contributed by atoms with Gasteiger partial charge in [-0.1, -0.05) is 103 Å². The van der Waals surface area contributed by atoms with Gasteiger partial charge in [0.1, 0.15) is 5.75 Å². The summed E-state index contributed by atoms with van der Waals surface area (Å²) < 4.78 is 23.6. The molecule has 0 saturated carbocycles. The fourth-order valence-corrected chi connectivity index (χ4v) is 5.88. The zero-order valence-corrected chi connectivity index (χ0v) is 22.0. The molecule has 0 bridgehead atoms. The van der Waals surface area contributed by atoms with Crippen molar-refractivity contribution < 1.29 is 18.7 Å². The first-order valence-corrected chi connectivity index (χ1v) is 15.0. The van der Waals surface area contributed by atoms with Gasteiger partial charge in [0.15, 0.2) is 0 Å². The van der Waals surface area contributed by atoms with E-state index in [1.54, 1.807) is 6.07 Å². The predicted octanol–water partition coefficient (Wildman–Crippen LogP) is 9.18. The number of hydrogen-bond donors (Lipinski definition) is 1.